The van der Waals surface area contributed by atoms with Gasteiger partial charge in [0.2, 0.25) is 0 Å². The van der Waals surface area contributed by atoms with Crippen LogP contribution in [0.5, 0.6) is 0 Å². The number of hydrogen-bond acceptors (Lipinski definition) is 3. The summed E-state index contributed by atoms with van der Waals surface area (Å²) in [6.45, 7) is 5.04. The first-order chi connectivity index (χ1) is 8.49. The van der Waals surface area contributed by atoms with Crippen LogP contribution >= 0.6 is 11.6 Å². The zero-order valence-electron chi connectivity index (χ0n) is 10.5. The fourth-order valence-electron chi connectivity index (χ4n) is 2.05. The van der Waals surface area contributed by atoms with E-state index in [-0.39, 0.29) is 18.1 Å². The number of rotatable bonds is 1. The van der Waals surface area contributed by atoms with Crippen LogP contribution in [0.1, 0.15) is 24.2 Å². The molecule has 2 atom stereocenters. The molecule has 1 amide bonds. The molecule has 0 aromatic heterocycles. The van der Waals surface area contributed by atoms with Crippen LogP contribution in [0.25, 0.3) is 0 Å². The van der Waals surface area contributed by atoms with Crippen LogP contribution < -0.4 is 5.73 Å². The maximum Gasteiger partial charge on any atom is 0.255 e. The quantitative estimate of drug-likeness (QED) is 0.794. The first kappa shape index (κ1) is 13.2. The Morgan fingerprint density at radius 3 is 2.94 bits per heavy atom. The van der Waals surface area contributed by atoms with E-state index in [1.54, 1.807) is 23.1 Å². The summed E-state index contributed by atoms with van der Waals surface area (Å²) in [6.07, 6.45) is 0.0463. The van der Waals surface area contributed by atoms with E-state index in [4.69, 9.17) is 22.1 Å². The van der Waals surface area contributed by atoms with Gasteiger partial charge in [-0.05, 0) is 32.0 Å². The lowest BCUT2D eigenvalue weighted by molar-refractivity contribution is -0.0387. The van der Waals surface area contributed by atoms with Gasteiger partial charge >= 0.3 is 0 Å². The topological polar surface area (TPSA) is 55.6 Å². The molecule has 2 rings (SSSR count). The summed E-state index contributed by atoms with van der Waals surface area (Å²) in [5.41, 5.74) is 6.70. The van der Waals surface area contributed by atoms with E-state index in [0.29, 0.717) is 29.4 Å². The molecule has 0 radical (unpaired) electrons. The van der Waals surface area contributed by atoms with E-state index in [9.17, 15) is 4.79 Å². The third kappa shape index (κ3) is 2.60. The summed E-state index contributed by atoms with van der Waals surface area (Å²) >= 11 is 6.06. The molecule has 0 spiro atoms. The Labute approximate surface area is 112 Å². The Morgan fingerprint density at radius 2 is 2.22 bits per heavy atom. The third-order valence-corrected chi connectivity index (χ3v) is 3.42. The third-order valence-electron chi connectivity index (χ3n) is 3.09. The van der Waals surface area contributed by atoms with Crippen molar-refractivity contribution < 1.29 is 9.53 Å². The molecule has 0 aliphatic carbocycles. The molecular weight excluding hydrogens is 252 g/mol. The molecule has 1 fully saturated rings. The van der Waals surface area contributed by atoms with Crippen LogP contribution in [0.2, 0.25) is 5.02 Å². The van der Waals surface area contributed by atoms with Crippen molar-refractivity contribution in [1.29, 1.82) is 0 Å². The van der Waals surface area contributed by atoms with E-state index >= 15 is 0 Å². The van der Waals surface area contributed by atoms with Gasteiger partial charge in [0.15, 0.2) is 0 Å². The number of carbonyl (C=O) groups excluding carboxylic acids is 1. The van der Waals surface area contributed by atoms with Crippen LogP contribution in [0.4, 0.5) is 5.69 Å². The van der Waals surface area contributed by atoms with Crippen molar-refractivity contribution in [3.63, 3.8) is 0 Å². The van der Waals surface area contributed by atoms with E-state index in [1.165, 1.54) is 0 Å². The molecule has 5 heteroatoms. The summed E-state index contributed by atoms with van der Waals surface area (Å²) in [4.78, 5) is 14.2. The number of amides is 1. The molecule has 1 heterocycles. The zero-order chi connectivity index (χ0) is 13.3. The lowest BCUT2D eigenvalue weighted by Gasteiger charge is -2.37. The highest BCUT2D eigenvalue weighted by atomic mass is 35.5. The second-order valence-electron chi connectivity index (χ2n) is 4.69. The maximum absolute atomic E-state index is 12.5. The van der Waals surface area contributed by atoms with Crippen molar-refractivity contribution in [2.24, 2.45) is 0 Å². The number of anilines is 1. The normalized spacial score (nSPS) is 24.1. The monoisotopic (exact) mass is 268 g/mol. The number of carbonyl (C=O) groups is 1. The SMILES string of the molecule is CC1CN(C(=O)c2cc(N)ccc2Cl)C(C)CO1. The average molecular weight is 269 g/mol. The number of ether oxygens (including phenoxy) is 1. The highest BCUT2D eigenvalue weighted by Crippen LogP contribution is 2.23. The minimum Gasteiger partial charge on any atom is -0.399 e. The second kappa shape index (κ2) is 5.16. The van der Waals surface area contributed by atoms with Gasteiger partial charge in [-0.15, -0.1) is 0 Å². The number of halogens is 1. The van der Waals surface area contributed by atoms with Gasteiger partial charge in [0, 0.05) is 12.2 Å². The van der Waals surface area contributed by atoms with Gasteiger partial charge in [0.25, 0.3) is 5.91 Å². The minimum atomic E-state index is -0.0880. The van der Waals surface area contributed by atoms with E-state index in [1.807, 2.05) is 13.8 Å². The first-order valence-electron chi connectivity index (χ1n) is 5.96. The molecule has 0 saturated carbocycles. The fraction of sp³-hybridized carbons (Fsp3) is 0.462. The number of nitrogens with two attached hydrogens (primary N) is 1. The lowest BCUT2D eigenvalue weighted by Crippen LogP contribution is -2.50. The van der Waals surface area contributed by atoms with Crippen molar-refractivity contribution in [3.8, 4) is 0 Å². The second-order valence-corrected chi connectivity index (χ2v) is 5.10. The molecule has 1 aromatic carbocycles. The molecule has 0 bridgehead atoms. The zero-order valence-corrected chi connectivity index (χ0v) is 11.3. The van der Waals surface area contributed by atoms with Crippen molar-refractivity contribution in [2.45, 2.75) is 26.0 Å². The number of nitrogens with zero attached hydrogens (tertiary/aromatic N) is 1. The summed E-state index contributed by atoms with van der Waals surface area (Å²) in [5, 5.41) is 0.431. The standard InChI is InChI=1S/C13H17ClN2O2/c1-8-7-18-9(2)6-16(8)13(17)11-5-10(15)3-4-12(11)14/h3-5,8-9H,6-7,15H2,1-2H3. The van der Waals surface area contributed by atoms with Crippen LogP contribution in [-0.2, 0) is 4.74 Å². The smallest absolute Gasteiger partial charge is 0.255 e. The number of benzene rings is 1. The number of nitrogen functional groups attached to an aromatic ring is 1. The molecule has 1 aromatic rings. The molecule has 1 aliphatic heterocycles. The molecular formula is C13H17ClN2O2. The Balaban J connectivity index is 2.27. The number of hydrogen-bond donors (Lipinski definition) is 1. The predicted octanol–water partition coefficient (Wildman–Crippen LogP) is 2.17. The van der Waals surface area contributed by atoms with Crippen molar-refractivity contribution in [3.05, 3.63) is 28.8 Å². The Hall–Kier alpha value is -1.26. The molecule has 1 aliphatic rings. The first-order valence-corrected chi connectivity index (χ1v) is 6.34. The van der Waals surface area contributed by atoms with Gasteiger partial charge in [-0.2, -0.15) is 0 Å². The summed E-state index contributed by atoms with van der Waals surface area (Å²) in [6, 6.07) is 5.01. The van der Waals surface area contributed by atoms with Crippen LogP contribution in [0.15, 0.2) is 18.2 Å². The van der Waals surface area contributed by atoms with Gasteiger partial charge in [-0.3, -0.25) is 4.79 Å². The van der Waals surface area contributed by atoms with Crippen molar-refractivity contribution >= 4 is 23.2 Å². The largest absolute Gasteiger partial charge is 0.399 e. The van der Waals surface area contributed by atoms with Gasteiger partial charge in [0.1, 0.15) is 0 Å². The molecule has 1 saturated heterocycles. The summed E-state index contributed by atoms with van der Waals surface area (Å²) in [5.74, 6) is -0.0880. The predicted molar refractivity (Wildman–Crippen MR) is 71.8 cm³/mol. The minimum absolute atomic E-state index is 0.0463. The van der Waals surface area contributed by atoms with Crippen LogP contribution in [0, 0.1) is 0 Å². The van der Waals surface area contributed by atoms with Gasteiger partial charge in [-0.1, -0.05) is 11.6 Å². The molecule has 2 unspecified atom stereocenters. The highest BCUT2D eigenvalue weighted by molar-refractivity contribution is 6.34. The van der Waals surface area contributed by atoms with Crippen LogP contribution in [-0.4, -0.2) is 36.1 Å². The molecule has 2 N–H and O–H groups in total. The van der Waals surface area contributed by atoms with E-state index in [2.05, 4.69) is 0 Å². The van der Waals surface area contributed by atoms with Gasteiger partial charge in [-0.25, -0.2) is 0 Å². The van der Waals surface area contributed by atoms with Crippen LogP contribution in [0.3, 0.4) is 0 Å². The summed E-state index contributed by atoms with van der Waals surface area (Å²) in [7, 11) is 0. The van der Waals surface area contributed by atoms with E-state index in [0.717, 1.165) is 0 Å². The lowest BCUT2D eigenvalue weighted by atomic mass is 10.1. The highest BCUT2D eigenvalue weighted by Gasteiger charge is 2.29. The molecule has 98 valence electrons. The Morgan fingerprint density at radius 1 is 1.50 bits per heavy atom. The average Bonchev–Trinajstić information content (AvgIpc) is 2.34. The van der Waals surface area contributed by atoms with E-state index < -0.39 is 0 Å². The Kier molecular flexibility index (Phi) is 3.78. The molecule has 18 heavy (non-hydrogen) atoms. The maximum atomic E-state index is 12.5. The molecule has 4 nitrogen and oxygen atoms in total. The Bertz CT molecular complexity index is 464. The van der Waals surface area contributed by atoms with Crippen molar-refractivity contribution in [1.82, 2.24) is 4.90 Å². The summed E-state index contributed by atoms with van der Waals surface area (Å²) < 4.78 is 5.51. The van der Waals surface area contributed by atoms with Gasteiger partial charge < -0.3 is 15.4 Å². The number of morpholine rings is 1. The fourth-order valence-corrected chi connectivity index (χ4v) is 2.25. The van der Waals surface area contributed by atoms with Gasteiger partial charge in [0.05, 0.1) is 29.3 Å². The van der Waals surface area contributed by atoms with Crippen molar-refractivity contribution in [2.75, 3.05) is 18.9 Å².